The molecule has 11 rings (SSSR count). The summed E-state index contributed by atoms with van der Waals surface area (Å²) in [6.45, 7) is 6.73. The van der Waals surface area contributed by atoms with Crippen LogP contribution in [-0.2, 0) is 26.7 Å². The quantitative estimate of drug-likeness (QED) is 0.105. The predicted molar refractivity (Wildman–Crippen MR) is 292 cm³/mol. The van der Waals surface area contributed by atoms with E-state index in [1.54, 1.807) is 48.5 Å². The molecule has 3 aromatic carbocycles. The molecule has 0 aliphatic carbocycles. The fourth-order valence-electron chi connectivity index (χ4n) is 11.6. The fraction of sp³-hybridized carbons (Fsp3) is 0.415. The SMILES string of the molecule is COc1cc(N2CCC(CN3CCC4(CC3)CCN(c3ccc5c(c3)C(=O)N(C3CCC(=O)NC3=O)C5=O)CC4)CC2)c(-c2cnn(C)c2)cc1Nc1ncc(Br)c(Nc2ccc3nccnc3c2N(C)S(C)(=O)=O)n1. The smallest absolute Gasteiger partial charge is 0.262 e. The Hall–Kier alpha value is -7.24. The molecule has 5 aliphatic rings. The third-order valence-corrected chi connectivity index (χ3v) is 17.8. The highest BCUT2D eigenvalue weighted by Crippen LogP contribution is 2.45. The first kappa shape index (κ1) is 50.9. The number of sulfonamides is 1. The summed E-state index contributed by atoms with van der Waals surface area (Å²) < 4.78 is 35.2. The van der Waals surface area contributed by atoms with Gasteiger partial charge in [0.05, 0.1) is 52.1 Å². The van der Waals surface area contributed by atoms with Crippen molar-refractivity contribution in [2.45, 2.75) is 57.4 Å². The van der Waals surface area contributed by atoms with Gasteiger partial charge in [0, 0.05) is 107 Å². The van der Waals surface area contributed by atoms with Gasteiger partial charge in [0.2, 0.25) is 27.8 Å². The summed E-state index contributed by atoms with van der Waals surface area (Å²) >= 11 is 3.58. The summed E-state index contributed by atoms with van der Waals surface area (Å²) in [4.78, 5) is 77.8. The summed E-state index contributed by atoms with van der Waals surface area (Å²) in [6, 6.07) is 12.1. The Bertz CT molecular complexity index is 3400. The number of hydrogen-bond donors (Lipinski definition) is 3. The van der Waals surface area contributed by atoms with Crippen LogP contribution in [-0.4, -0.2) is 144 Å². The largest absolute Gasteiger partial charge is 0.494 e. The number of carbonyl (C=O) groups excluding carboxylic acids is 4. The third kappa shape index (κ3) is 9.90. The first-order valence-corrected chi connectivity index (χ1v) is 28.2. The summed E-state index contributed by atoms with van der Waals surface area (Å²) in [5, 5.41) is 13.5. The van der Waals surface area contributed by atoms with E-state index in [0.717, 1.165) is 118 Å². The molecule has 6 aromatic rings. The number of hydrogen-bond acceptors (Lipinski definition) is 17. The molecule has 4 amide bonds. The monoisotopic (exact) mass is 1110 g/mol. The first-order valence-electron chi connectivity index (χ1n) is 25.6. The van der Waals surface area contributed by atoms with Crippen molar-refractivity contribution in [3.8, 4) is 16.9 Å². The second-order valence-electron chi connectivity index (χ2n) is 20.6. The average Bonchev–Trinajstić information content (AvgIpc) is 3.99. The lowest BCUT2D eigenvalue weighted by Crippen LogP contribution is -2.54. The van der Waals surface area contributed by atoms with Crippen LogP contribution in [0.3, 0.4) is 0 Å². The lowest BCUT2D eigenvalue weighted by molar-refractivity contribution is -0.136. The Morgan fingerprint density at radius 2 is 1.57 bits per heavy atom. The molecule has 0 bridgehead atoms. The number of amides is 4. The Balaban J connectivity index is 0.721. The number of piperidine rings is 4. The number of halogens is 1. The lowest BCUT2D eigenvalue weighted by Gasteiger charge is -2.48. The van der Waals surface area contributed by atoms with E-state index in [9.17, 15) is 27.6 Å². The molecule has 1 spiro atoms. The van der Waals surface area contributed by atoms with Crippen molar-refractivity contribution in [2.24, 2.45) is 18.4 Å². The number of rotatable bonds is 13. The second-order valence-corrected chi connectivity index (χ2v) is 23.5. The van der Waals surface area contributed by atoms with Crippen molar-refractivity contribution >= 4 is 101 Å². The number of likely N-dealkylation sites (tertiary alicyclic amines) is 1. The van der Waals surface area contributed by atoms with E-state index in [2.05, 4.69) is 78.8 Å². The molecule has 8 heterocycles. The van der Waals surface area contributed by atoms with Gasteiger partial charge >= 0.3 is 0 Å². The molecule has 5 aliphatic heterocycles. The molecule has 21 nitrogen and oxygen atoms in total. The highest BCUT2D eigenvalue weighted by atomic mass is 79.9. The number of fused-ring (bicyclic) bond motifs is 2. The minimum absolute atomic E-state index is 0.0879. The maximum absolute atomic E-state index is 13.5. The number of aryl methyl sites for hydroxylation is 1. The average molecular weight is 1120 g/mol. The number of ether oxygens (including phenoxy) is 1. The minimum atomic E-state index is -3.68. The zero-order valence-corrected chi connectivity index (χ0v) is 45.2. The molecule has 76 heavy (non-hydrogen) atoms. The van der Waals surface area contributed by atoms with Crippen LogP contribution in [0.25, 0.3) is 22.2 Å². The van der Waals surface area contributed by atoms with Crippen LogP contribution in [0.15, 0.2) is 77.9 Å². The van der Waals surface area contributed by atoms with Gasteiger partial charge in [-0.05, 0) is 122 Å². The van der Waals surface area contributed by atoms with Crippen LogP contribution in [0.2, 0.25) is 0 Å². The zero-order chi connectivity index (χ0) is 53.0. The van der Waals surface area contributed by atoms with E-state index in [1.165, 1.54) is 17.5 Å². The molecule has 0 radical (unpaired) electrons. The normalized spacial score (nSPS) is 19.3. The van der Waals surface area contributed by atoms with Crippen molar-refractivity contribution in [3.05, 3.63) is 89.0 Å². The van der Waals surface area contributed by atoms with Gasteiger partial charge in [0.1, 0.15) is 28.8 Å². The number of aromatic nitrogens is 6. The van der Waals surface area contributed by atoms with Crippen molar-refractivity contribution < 1.29 is 32.3 Å². The van der Waals surface area contributed by atoms with Crippen molar-refractivity contribution in [1.29, 1.82) is 0 Å². The van der Waals surface area contributed by atoms with Gasteiger partial charge in [-0.2, -0.15) is 10.1 Å². The number of imide groups is 2. The topological polar surface area (TPSA) is 233 Å². The number of carbonyl (C=O) groups is 4. The standard InChI is InChI=1S/C53H59BrN14O7S/c1-63-31-33(28-58-63)36-26-41(60-52-57-29-38(54)48(62-52)59-40-8-7-39-46(56-18-17-55-39)47(40)64(2)76(4,73)74)44(75-3)27-43(36)67-19-11-32(12-20-67)30-65-21-13-53(14-22-65)15-23-66(24-16-53)34-5-6-35-37(25-34)51(72)68(50(35)71)42-9-10-45(69)61-49(42)70/h5-8,17-18,25-29,31-32,42H,9-16,19-24,30H2,1-4H3,(H,61,69,70)(H2,57,59,60,62). The number of nitrogens with one attached hydrogen (secondary N) is 3. The summed E-state index contributed by atoms with van der Waals surface area (Å²) in [5.74, 6) is -0.116. The number of nitrogens with zero attached hydrogens (tertiary/aromatic N) is 11. The highest BCUT2D eigenvalue weighted by molar-refractivity contribution is 9.10. The van der Waals surface area contributed by atoms with Gasteiger partial charge in [-0.3, -0.25) is 48.3 Å². The summed E-state index contributed by atoms with van der Waals surface area (Å²) in [6.07, 6.45) is 16.5. The van der Waals surface area contributed by atoms with Crippen molar-refractivity contribution in [3.63, 3.8) is 0 Å². The Morgan fingerprint density at radius 1 is 0.829 bits per heavy atom. The number of benzene rings is 3. The molecule has 0 saturated carbocycles. The molecule has 23 heteroatoms. The van der Waals surface area contributed by atoms with Gasteiger partial charge in [-0.1, -0.05) is 0 Å². The molecule has 4 fully saturated rings. The molecule has 396 valence electrons. The highest BCUT2D eigenvalue weighted by Gasteiger charge is 2.45. The zero-order valence-electron chi connectivity index (χ0n) is 42.8. The Morgan fingerprint density at radius 3 is 2.28 bits per heavy atom. The van der Waals surface area contributed by atoms with Crippen molar-refractivity contribution in [2.75, 3.05) is 91.0 Å². The van der Waals surface area contributed by atoms with Gasteiger partial charge in [0.25, 0.3) is 11.8 Å². The molecule has 1 unspecified atom stereocenters. The van der Waals surface area contributed by atoms with Gasteiger partial charge < -0.3 is 30.1 Å². The van der Waals surface area contributed by atoms with E-state index >= 15 is 0 Å². The Labute approximate surface area is 448 Å². The lowest BCUT2D eigenvalue weighted by atomic mass is 9.71. The van der Waals surface area contributed by atoms with Crippen LogP contribution in [0, 0.1) is 11.3 Å². The van der Waals surface area contributed by atoms with Crippen LogP contribution >= 0.6 is 15.9 Å². The first-order chi connectivity index (χ1) is 36.5. The minimum Gasteiger partial charge on any atom is -0.494 e. The van der Waals surface area contributed by atoms with E-state index in [-0.39, 0.29) is 24.2 Å². The van der Waals surface area contributed by atoms with Gasteiger partial charge in [0.15, 0.2) is 0 Å². The summed E-state index contributed by atoms with van der Waals surface area (Å²) in [7, 11) is 1.35. The van der Waals surface area contributed by atoms with E-state index in [1.807, 2.05) is 25.5 Å². The van der Waals surface area contributed by atoms with Crippen molar-refractivity contribution in [1.82, 2.24) is 44.8 Å². The molecule has 3 aromatic heterocycles. The Kier molecular flexibility index (Phi) is 13.6. The van der Waals surface area contributed by atoms with Crippen LogP contribution in [0.5, 0.6) is 5.75 Å². The molecular weight excluding hydrogens is 1060 g/mol. The van der Waals surface area contributed by atoms with Gasteiger partial charge in [-0.25, -0.2) is 13.4 Å². The van der Waals surface area contributed by atoms with Crippen LogP contribution < -0.4 is 34.8 Å². The number of anilines is 7. The predicted octanol–water partition coefficient (Wildman–Crippen LogP) is 6.47. The number of methoxy groups -OCH3 is 1. The molecule has 4 saturated heterocycles. The molecule has 3 N–H and O–H groups in total. The van der Waals surface area contributed by atoms with E-state index in [4.69, 9.17) is 9.72 Å². The maximum atomic E-state index is 13.5. The van der Waals surface area contributed by atoms with E-state index in [0.29, 0.717) is 61.2 Å². The molecule has 1 atom stereocenters. The van der Waals surface area contributed by atoms with Crippen LogP contribution in [0.1, 0.15) is 72.1 Å². The second kappa shape index (κ2) is 20.4. The molecular formula is C53H59BrN14O7S. The third-order valence-electron chi connectivity index (χ3n) is 16.0. The van der Waals surface area contributed by atoms with Crippen LogP contribution in [0.4, 0.5) is 40.2 Å². The van der Waals surface area contributed by atoms with E-state index < -0.39 is 39.7 Å². The summed E-state index contributed by atoms with van der Waals surface area (Å²) in [5.41, 5.74) is 7.18. The maximum Gasteiger partial charge on any atom is 0.262 e. The van der Waals surface area contributed by atoms with Gasteiger partial charge in [-0.15, -0.1) is 0 Å². The fourth-order valence-corrected chi connectivity index (χ4v) is 12.4.